The fraction of sp³-hybridized carbons (Fsp3) is 0.105. The lowest BCUT2D eigenvalue weighted by molar-refractivity contribution is 0.0944. The number of nitrogens with zero attached hydrogens (tertiary/aromatic N) is 3. The Morgan fingerprint density at radius 2 is 1.89 bits per heavy atom. The predicted octanol–water partition coefficient (Wildman–Crippen LogP) is 3.73. The highest BCUT2D eigenvalue weighted by atomic mass is 32.1. The van der Waals surface area contributed by atoms with Gasteiger partial charge in [0.2, 0.25) is 0 Å². The van der Waals surface area contributed by atoms with Crippen LogP contribution in [0.4, 0.5) is 4.79 Å². The van der Waals surface area contributed by atoms with E-state index < -0.39 is 18.0 Å². The second-order valence-corrected chi connectivity index (χ2v) is 6.95. The number of aromatic nitrogens is 3. The van der Waals surface area contributed by atoms with Gasteiger partial charge in [0, 0.05) is 0 Å². The van der Waals surface area contributed by atoms with Gasteiger partial charge in [0.25, 0.3) is 17.6 Å². The highest BCUT2D eigenvalue weighted by Crippen LogP contribution is 2.29. The maximum Gasteiger partial charge on any atom is 0.405 e. The van der Waals surface area contributed by atoms with Crippen LogP contribution in [0.3, 0.4) is 0 Å². The van der Waals surface area contributed by atoms with Crippen LogP contribution in [0.25, 0.3) is 21.3 Å². The number of nitrogens with two attached hydrogens (primary N) is 1. The van der Waals surface area contributed by atoms with Crippen LogP contribution in [0.5, 0.6) is 0 Å². The number of hydrogen-bond donors (Lipinski definition) is 1. The lowest BCUT2D eigenvalue weighted by Crippen LogP contribution is -2.15. The Kier molecular flexibility index (Phi) is 4.58. The van der Waals surface area contributed by atoms with E-state index in [1.165, 1.54) is 18.3 Å². The van der Waals surface area contributed by atoms with Crippen molar-refractivity contribution in [2.45, 2.75) is 13.0 Å². The molecule has 9 heteroatoms. The zero-order chi connectivity index (χ0) is 19.7. The smallest absolute Gasteiger partial charge is 0.405 e. The van der Waals surface area contributed by atoms with Crippen molar-refractivity contribution in [3.8, 4) is 11.1 Å². The van der Waals surface area contributed by atoms with Crippen LogP contribution < -0.4 is 5.73 Å². The van der Waals surface area contributed by atoms with E-state index in [-0.39, 0.29) is 16.8 Å². The molecule has 0 radical (unpaired) electrons. The molecule has 2 aromatic heterocycles. The lowest BCUT2D eigenvalue weighted by Gasteiger charge is -2.04. The molecule has 0 aliphatic carbocycles. The summed E-state index contributed by atoms with van der Waals surface area (Å²) in [6.07, 6.45) is -1.82. The van der Waals surface area contributed by atoms with Crippen LogP contribution >= 0.6 is 11.3 Å². The second-order valence-electron chi connectivity index (χ2n) is 5.92. The number of primary amides is 1. The largest absolute Gasteiger partial charge is 0.437 e. The van der Waals surface area contributed by atoms with Gasteiger partial charge in [-0.15, -0.1) is 21.5 Å². The van der Waals surface area contributed by atoms with Crippen molar-refractivity contribution in [1.29, 1.82) is 0 Å². The molecule has 0 saturated heterocycles. The molecule has 2 N–H and O–H groups in total. The third-order valence-electron chi connectivity index (χ3n) is 3.97. The van der Waals surface area contributed by atoms with E-state index in [0.717, 1.165) is 15.8 Å². The molecule has 0 aliphatic rings. The topological polar surface area (TPSA) is 121 Å². The molecule has 1 atom stereocenters. The van der Waals surface area contributed by atoms with Gasteiger partial charge in [0.1, 0.15) is 0 Å². The Morgan fingerprint density at radius 3 is 2.64 bits per heavy atom. The molecule has 0 saturated carbocycles. The van der Waals surface area contributed by atoms with E-state index in [1.54, 1.807) is 0 Å². The van der Waals surface area contributed by atoms with E-state index in [2.05, 4.69) is 15.2 Å². The SMILES string of the molecule is C[C@@H](OC(N)=O)c1nnc(C(=O)c2nc3ccc(-c4ccccc4)cc3s2)o1. The minimum atomic E-state index is -0.973. The summed E-state index contributed by atoms with van der Waals surface area (Å²) in [5.41, 5.74) is 7.78. The summed E-state index contributed by atoms with van der Waals surface area (Å²) < 4.78 is 10.9. The number of hydrogen-bond acceptors (Lipinski definition) is 8. The maximum absolute atomic E-state index is 12.6. The first-order valence-electron chi connectivity index (χ1n) is 8.31. The Balaban J connectivity index is 1.61. The van der Waals surface area contributed by atoms with Gasteiger partial charge in [-0.3, -0.25) is 4.79 Å². The first kappa shape index (κ1) is 17.8. The van der Waals surface area contributed by atoms with Crippen LogP contribution in [-0.4, -0.2) is 27.1 Å². The van der Waals surface area contributed by atoms with Crippen LogP contribution in [0.2, 0.25) is 0 Å². The molecule has 4 rings (SSSR count). The Bertz CT molecular complexity index is 1170. The van der Waals surface area contributed by atoms with E-state index in [4.69, 9.17) is 14.9 Å². The van der Waals surface area contributed by atoms with E-state index >= 15 is 0 Å². The van der Waals surface area contributed by atoms with Crippen LogP contribution in [-0.2, 0) is 4.74 Å². The summed E-state index contributed by atoms with van der Waals surface area (Å²) in [5.74, 6) is -0.737. The van der Waals surface area contributed by atoms with E-state index in [0.29, 0.717) is 5.52 Å². The third-order valence-corrected chi connectivity index (χ3v) is 4.98. The number of ether oxygens (including phenoxy) is 1. The van der Waals surface area contributed by atoms with Crippen molar-refractivity contribution in [2.24, 2.45) is 5.73 Å². The fourth-order valence-corrected chi connectivity index (χ4v) is 3.58. The molecular weight excluding hydrogens is 380 g/mol. The van der Waals surface area contributed by atoms with E-state index in [9.17, 15) is 9.59 Å². The Hall–Kier alpha value is -3.59. The molecular formula is C19H14N4O4S. The van der Waals surface area contributed by atoms with Crippen molar-refractivity contribution in [3.05, 3.63) is 65.3 Å². The van der Waals surface area contributed by atoms with Gasteiger partial charge in [0.15, 0.2) is 11.1 Å². The van der Waals surface area contributed by atoms with Gasteiger partial charge in [-0.2, -0.15) is 0 Å². The number of carbonyl (C=O) groups excluding carboxylic acids is 2. The minimum Gasteiger partial charge on any atom is -0.437 e. The van der Waals surface area contributed by atoms with Crippen molar-refractivity contribution in [2.75, 3.05) is 0 Å². The number of rotatable bonds is 5. The highest BCUT2D eigenvalue weighted by Gasteiger charge is 2.24. The third kappa shape index (κ3) is 3.47. The molecule has 0 spiro atoms. The molecule has 0 aliphatic heterocycles. The van der Waals surface area contributed by atoms with Crippen LogP contribution in [0.1, 0.15) is 34.6 Å². The fourth-order valence-electron chi connectivity index (χ4n) is 2.64. The first-order valence-corrected chi connectivity index (χ1v) is 9.13. The number of benzene rings is 2. The zero-order valence-electron chi connectivity index (χ0n) is 14.7. The molecule has 1 amide bonds. The molecule has 0 bridgehead atoms. The first-order chi connectivity index (χ1) is 13.5. The average molecular weight is 394 g/mol. The van der Waals surface area contributed by atoms with E-state index in [1.807, 2.05) is 48.5 Å². The monoisotopic (exact) mass is 394 g/mol. The molecule has 2 aromatic carbocycles. The van der Waals surface area contributed by atoms with Gasteiger partial charge in [-0.05, 0) is 30.2 Å². The van der Waals surface area contributed by atoms with Gasteiger partial charge >= 0.3 is 6.09 Å². The predicted molar refractivity (Wildman–Crippen MR) is 102 cm³/mol. The molecule has 140 valence electrons. The maximum atomic E-state index is 12.6. The molecule has 4 aromatic rings. The molecule has 8 nitrogen and oxygen atoms in total. The summed E-state index contributed by atoms with van der Waals surface area (Å²) in [4.78, 5) is 27.8. The average Bonchev–Trinajstić information content (AvgIpc) is 3.34. The highest BCUT2D eigenvalue weighted by molar-refractivity contribution is 7.20. The Morgan fingerprint density at radius 1 is 1.11 bits per heavy atom. The quantitative estimate of drug-likeness (QED) is 0.512. The summed E-state index contributed by atoms with van der Waals surface area (Å²) in [6.45, 7) is 1.51. The number of carbonyl (C=O) groups is 2. The van der Waals surface area contributed by atoms with Crippen molar-refractivity contribution < 1.29 is 18.7 Å². The molecule has 0 fully saturated rings. The standard InChI is InChI=1S/C19H14N4O4S/c1-10(26-19(20)25)16-22-23-17(27-16)15(24)18-21-13-8-7-12(9-14(13)28-18)11-5-3-2-4-6-11/h2-10H,1H3,(H2,20,25)/t10-/m1/s1. The van der Waals surface area contributed by atoms with Gasteiger partial charge in [-0.25, -0.2) is 9.78 Å². The normalized spacial score (nSPS) is 12.0. The summed E-state index contributed by atoms with van der Waals surface area (Å²) in [6, 6.07) is 15.7. The number of thiazole rings is 1. The number of ketones is 1. The Labute approximate surface area is 163 Å². The molecule has 2 heterocycles. The summed E-state index contributed by atoms with van der Waals surface area (Å²) >= 11 is 1.24. The van der Waals surface area contributed by atoms with Crippen LogP contribution in [0, 0.1) is 0 Å². The van der Waals surface area contributed by atoms with Crippen LogP contribution in [0.15, 0.2) is 52.9 Å². The second kappa shape index (κ2) is 7.20. The van der Waals surface area contributed by atoms with Gasteiger partial charge < -0.3 is 14.9 Å². The lowest BCUT2D eigenvalue weighted by atomic mass is 10.1. The molecule has 28 heavy (non-hydrogen) atoms. The zero-order valence-corrected chi connectivity index (χ0v) is 15.5. The minimum absolute atomic E-state index is 0.0189. The van der Waals surface area contributed by atoms with Crippen molar-refractivity contribution in [3.63, 3.8) is 0 Å². The van der Waals surface area contributed by atoms with Crippen molar-refractivity contribution in [1.82, 2.24) is 15.2 Å². The van der Waals surface area contributed by atoms with Gasteiger partial charge in [0.05, 0.1) is 10.2 Å². The number of fused-ring (bicyclic) bond motifs is 1. The molecule has 0 unspecified atom stereocenters. The summed E-state index contributed by atoms with van der Waals surface area (Å²) in [7, 11) is 0. The number of amides is 1. The van der Waals surface area contributed by atoms with Gasteiger partial charge in [-0.1, -0.05) is 36.4 Å². The summed E-state index contributed by atoms with van der Waals surface area (Å²) in [5, 5.41) is 7.69. The van der Waals surface area contributed by atoms with Crippen molar-refractivity contribution >= 4 is 33.4 Å².